The van der Waals surface area contributed by atoms with Crippen molar-refractivity contribution in [1.29, 1.82) is 0 Å². The minimum absolute atomic E-state index is 0.112. The summed E-state index contributed by atoms with van der Waals surface area (Å²) >= 11 is 4.79. The van der Waals surface area contributed by atoms with E-state index < -0.39 is 0 Å². The number of nitrogens with zero attached hydrogens (tertiary/aromatic N) is 1. The number of hydrogen-bond acceptors (Lipinski definition) is 3. The predicted octanol–water partition coefficient (Wildman–Crippen LogP) is 5.46. The summed E-state index contributed by atoms with van der Waals surface area (Å²) in [5, 5.41) is 4.99. The van der Waals surface area contributed by atoms with Gasteiger partial charge in [0.25, 0.3) is 5.91 Å². The number of carbonyl (C=O) groups is 1. The van der Waals surface area contributed by atoms with Gasteiger partial charge in [0.2, 0.25) is 0 Å². The van der Waals surface area contributed by atoms with Crippen LogP contribution in [0.3, 0.4) is 0 Å². The summed E-state index contributed by atoms with van der Waals surface area (Å²) in [6, 6.07) is 19.5. The molecule has 0 bridgehead atoms. The van der Waals surface area contributed by atoms with E-state index in [1.165, 1.54) is 11.3 Å². The van der Waals surface area contributed by atoms with Crippen LogP contribution in [0.1, 0.15) is 9.67 Å². The van der Waals surface area contributed by atoms with E-state index in [9.17, 15) is 4.79 Å². The zero-order valence-electron chi connectivity index (χ0n) is 11.9. The molecule has 4 aromatic rings. The van der Waals surface area contributed by atoms with Gasteiger partial charge < -0.3 is 5.32 Å². The molecule has 0 aliphatic rings. The van der Waals surface area contributed by atoms with Crippen LogP contribution in [0, 0.1) is 0 Å². The van der Waals surface area contributed by atoms with E-state index in [-0.39, 0.29) is 5.91 Å². The van der Waals surface area contributed by atoms with Crippen LogP contribution in [0.25, 0.3) is 21.1 Å². The summed E-state index contributed by atoms with van der Waals surface area (Å²) in [5.74, 6) is -0.112. The Morgan fingerprint density at radius 2 is 1.78 bits per heavy atom. The molecule has 1 amide bonds. The van der Waals surface area contributed by atoms with Gasteiger partial charge in [-0.2, -0.15) is 0 Å². The third-order valence-electron chi connectivity index (χ3n) is 3.54. The molecule has 2 heterocycles. The number of fused-ring (bicyclic) bond motifs is 2. The first-order valence-electron chi connectivity index (χ1n) is 7.05. The summed E-state index contributed by atoms with van der Waals surface area (Å²) in [6.45, 7) is 0. The van der Waals surface area contributed by atoms with Crippen molar-refractivity contribution in [2.24, 2.45) is 0 Å². The smallest absolute Gasteiger partial charge is 0.265 e. The molecular weight excluding hydrogens is 372 g/mol. The number of anilines is 1. The zero-order valence-corrected chi connectivity index (χ0v) is 14.3. The van der Waals surface area contributed by atoms with Crippen molar-refractivity contribution in [1.82, 2.24) is 4.98 Å². The van der Waals surface area contributed by atoms with Gasteiger partial charge in [-0.3, -0.25) is 4.79 Å². The van der Waals surface area contributed by atoms with Crippen LogP contribution in [0.2, 0.25) is 0 Å². The lowest BCUT2D eigenvalue weighted by Crippen LogP contribution is -2.09. The zero-order chi connectivity index (χ0) is 15.8. The van der Waals surface area contributed by atoms with E-state index >= 15 is 0 Å². The van der Waals surface area contributed by atoms with Crippen molar-refractivity contribution in [3.05, 3.63) is 70.0 Å². The molecule has 2 aromatic carbocycles. The fourth-order valence-corrected chi connectivity index (χ4v) is 3.59. The number of aromatic nitrogens is 1. The van der Waals surface area contributed by atoms with Crippen LogP contribution in [0.4, 0.5) is 5.69 Å². The lowest BCUT2D eigenvalue weighted by molar-refractivity contribution is 0.103. The summed E-state index contributed by atoms with van der Waals surface area (Å²) in [4.78, 5) is 18.6. The van der Waals surface area contributed by atoms with Crippen molar-refractivity contribution in [2.75, 3.05) is 5.32 Å². The molecular formula is C18H11BrN2OS. The Labute approximate surface area is 145 Å². The maximum atomic E-state index is 12.4. The van der Waals surface area contributed by atoms with Gasteiger partial charge in [-0.05, 0) is 42.5 Å². The van der Waals surface area contributed by atoms with Crippen LogP contribution in [-0.2, 0) is 0 Å². The van der Waals surface area contributed by atoms with Crippen molar-refractivity contribution in [3.8, 4) is 0 Å². The van der Waals surface area contributed by atoms with Crippen molar-refractivity contribution in [3.63, 3.8) is 0 Å². The number of pyridine rings is 1. The fraction of sp³-hybridized carbons (Fsp3) is 0. The standard InChI is InChI=1S/C18H11BrN2OS/c19-13-5-7-14(8-6-13)20-17(22)16-10-12-9-11-3-1-2-4-15(11)21-18(12)23-16/h1-10H,(H,20,22). The first kappa shape index (κ1) is 14.4. The first-order valence-corrected chi connectivity index (χ1v) is 8.66. The van der Waals surface area contributed by atoms with Gasteiger partial charge in [-0.25, -0.2) is 4.98 Å². The minimum Gasteiger partial charge on any atom is -0.321 e. The normalized spacial score (nSPS) is 11.0. The Kier molecular flexibility index (Phi) is 3.59. The number of hydrogen-bond donors (Lipinski definition) is 1. The third-order valence-corrected chi connectivity index (χ3v) is 5.11. The lowest BCUT2D eigenvalue weighted by Gasteiger charge is -2.02. The van der Waals surface area contributed by atoms with Gasteiger partial charge in [0, 0.05) is 20.9 Å². The van der Waals surface area contributed by atoms with Crippen LogP contribution in [0.5, 0.6) is 0 Å². The maximum Gasteiger partial charge on any atom is 0.265 e. The summed E-state index contributed by atoms with van der Waals surface area (Å²) in [5.41, 5.74) is 1.72. The Hall–Kier alpha value is -2.24. The highest BCUT2D eigenvalue weighted by Crippen LogP contribution is 2.28. The molecule has 23 heavy (non-hydrogen) atoms. The second-order valence-corrected chi connectivity index (χ2v) is 7.09. The van der Waals surface area contributed by atoms with Gasteiger partial charge in [0.05, 0.1) is 10.4 Å². The minimum atomic E-state index is -0.112. The van der Waals surface area contributed by atoms with Crippen LogP contribution in [-0.4, -0.2) is 10.9 Å². The fourth-order valence-electron chi connectivity index (χ4n) is 2.41. The molecule has 0 saturated heterocycles. The molecule has 0 aliphatic heterocycles. The molecule has 2 aromatic heterocycles. The van der Waals surface area contributed by atoms with Gasteiger partial charge >= 0.3 is 0 Å². The highest BCUT2D eigenvalue weighted by molar-refractivity contribution is 9.10. The molecule has 0 unspecified atom stereocenters. The van der Waals surface area contributed by atoms with Crippen molar-refractivity contribution in [2.45, 2.75) is 0 Å². The maximum absolute atomic E-state index is 12.4. The Morgan fingerprint density at radius 3 is 2.61 bits per heavy atom. The number of benzene rings is 2. The number of para-hydroxylation sites is 1. The molecule has 3 nitrogen and oxygen atoms in total. The Balaban J connectivity index is 1.69. The molecule has 112 valence electrons. The Bertz CT molecular complexity index is 972. The first-order chi connectivity index (χ1) is 11.2. The average molecular weight is 383 g/mol. The van der Waals surface area contributed by atoms with Gasteiger partial charge in [-0.15, -0.1) is 11.3 Å². The van der Waals surface area contributed by atoms with Crippen LogP contribution in [0.15, 0.2) is 65.1 Å². The van der Waals surface area contributed by atoms with E-state index in [0.29, 0.717) is 4.88 Å². The van der Waals surface area contributed by atoms with Crippen LogP contribution >= 0.6 is 27.3 Å². The van der Waals surface area contributed by atoms with Crippen molar-refractivity contribution < 1.29 is 4.79 Å². The van der Waals surface area contributed by atoms with Crippen molar-refractivity contribution >= 4 is 60.0 Å². The molecule has 0 radical (unpaired) electrons. The third kappa shape index (κ3) is 2.85. The van der Waals surface area contributed by atoms with Gasteiger partial charge in [0.1, 0.15) is 4.83 Å². The number of amides is 1. The van der Waals surface area contributed by atoms with E-state index in [2.05, 4.69) is 32.3 Å². The highest BCUT2D eigenvalue weighted by Gasteiger charge is 2.12. The Morgan fingerprint density at radius 1 is 1.00 bits per heavy atom. The quantitative estimate of drug-likeness (QED) is 0.499. The predicted molar refractivity (Wildman–Crippen MR) is 99.2 cm³/mol. The summed E-state index contributed by atoms with van der Waals surface area (Å²) in [7, 11) is 0. The molecule has 5 heteroatoms. The second kappa shape index (κ2) is 5.76. The number of halogens is 1. The lowest BCUT2D eigenvalue weighted by atomic mass is 10.2. The highest BCUT2D eigenvalue weighted by atomic mass is 79.9. The molecule has 4 rings (SSSR count). The SMILES string of the molecule is O=C(Nc1ccc(Br)cc1)c1cc2cc3ccccc3nc2s1. The molecule has 0 spiro atoms. The van der Waals surface area contributed by atoms with E-state index in [1.807, 2.05) is 54.6 Å². The van der Waals surface area contributed by atoms with Gasteiger partial charge in [-0.1, -0.05) is 34.1 Å². The van der Waals surface area contributed by atoms with E-state index in [0.717, 1.165) is 31.3 Å². The number of rotatable bonds is 2. The molecule has 1 N–H and O–H groups in total. The molecule has 0 aliphatic carbocycles. The largest absolute Gasteiger partial charge is 0.321 e. The van der Waals surface area contributed by atoms with Gasteiger partial charge in [0.15, 0.2) is 0 Å². The molecule has 0 atom stereocenters. The number of carbonyl (C=O) groups excluding carboxylic acids is 1. The summed E-state index contributed by atoms with van der Waals surface area (Å²) in [6.07, 6.45) is 0. The summed E-state index contributed by atoms with van der Waals surface area (Å²) < 4.78 is 0.980. The molecule has 0 fully saturated rings. The van der Waals surface area contributed by atoms with E-state index in [4.69, 9.17) is 0 Å². The topological polar surface area (TPSA) is 42.0 Å². The molecule has 0 saturated carbocycles. The van der Waals surface area contributed by atoms with Crippen LogP contribution < -0.4 is 5.32 Å². The number of thiophene rings is 1. The van der Waals surface area contributed by atoms with E-state index in [1.54, 1.807) is 0 Å². The number of nitrogens with one attached hydrogen (secondary N) is 1. The average Bonchev–Trinajstić information content (AvgIpc) is 2.97. The monoisotopic (exact) mass is 382 g/mol. The second-order valence-electron chi connectivity index (χ2n) is 5.15.